The molecule has 0 unspecified atom stereocenters. The van der Waals surface area contributed by atoms with E-state index in [1.165, 1.54) is 20.3 Å². The monoisotopic (exact) mass is 535 g/mol. The van der Waals surface area contributed by atoms with Gasteiger partial charge < -0.3 is 19.7 Å². The molecule has 0 saturated carbocycles. The second-order valence-electron chi connectivity index (χ2n) is 10.3. The van der Waals surface area contributed by atoms with Gasteiger partial charge in [0.1, 0.15) is 0 Å². The number of ketones is 2. The van der Waals surface area contributed by atoms with Crippen LogP contribution >= 0.6 is 0 Å². The van der Waals surface area contributed by atoms with Crippen molar-refractivity contribution in [3.8, 4) is 17.2 Å². The number of amides is 2. The number of carbonyl (C=O) groups is 5. The lowest BCUT2D eigenvalue weighted by molar-refractivity contribution is -0.142. The number of carboxylic acid groups (broad SMARTS) is 1. The van der Waals surface area contributed by atoms with Gasteiger partial charge in [0.05, 0.1) is 26.1 Å². The van der Waals surface area contributed by atoms with Crippen LogP contribution in [-0.4, -0.2) is 65.2 Å². The first-order chi connectivity index (χ1) is 18.6. The number of aliphatic carboxylic acids is 1. The lowest BCUT2D eigenvalue weighted by atomic mass is 9.59. The maximum absolute atomic E-state index is 13.6. The molecule has 1 heterocycles. The summed E-state index contributed by atoms with van der Waals surface area (Å²) < 4.78 is 10.7. The molecule has 10 heteroatoms. The molecule has 0 bridgehead atoms. The minimum atomic E-state index is -1.01. The molecule has 0 aromatic heterocycles. The average Bonchev–Trinajstić information content (AvgIpc) is 3.15. The Labute approximate surface area is 224 Å². The van der Waals surface area contributed by atoms with Crippen molar-refractivity contribution in [2.24, 2.45) is 17.8 Å². The maximum atomic E-state index is 13.6. The fourth-order valence-electron chi connectivity index (χ4n) is 6.50. The van der Waals surface area contributed by atoms with Gasteiger partial charge >= 0.3 is 5.97 Å². The van der Waals surface area contributed by atoms with Gasteiger partial charge in [0.15, 0.2) is 23.1 Å². The van der Waals surface area contributed by atoms with Crippen LogP contribution in [0, 0.1) is 17.8 Å². The Morgan fingerprint density at radius 3 is 2.33 bits per heavy atom. The van der Waals surface area contributed by atoms with Gasteiger partial charge in [0.25, 0.3) is 0 Å². The number of imide groups is 1. The molecular weight excluding hydrogens is 506 g/mol. The van der Waals surface area contributed by atoms with E-state index in [-0.39, 0.29) is 72.9 Å². The summed E-state index contributed by atoms with van der Waals surface area (Å²) in [5.74, 6) is -4.82. The zero-order valence-corrected chi connectivity index (χ0v) is 21.9. The first-order valence-corrected chi connectivity index (χ1v) is 12.8. The molecule has 2 amide bonds. The number of rotatable bonds is 7. The SMILES string of the molecule is COc1cc([C@H]2C3=CC[C@@H]4C(=O)N(CCCC(=O)O)C(=O)[C@@H]4[C@@H]3CC3=C2C(=O)C(C)=CC3=O)cc(OC)c1O. The van der Waals surface area contributed by atoms with Crippen LogP contribution in [0.1, 0.15) is 44.1 Å². The van der Waals surface area contributed by atoms with E-state index in [4.69, 9.17) is 14.6 Å². The molecule has 1 aromatic carbocycles. The van der Waals surface area contributed by atoms with E-state index >= 15 is 0 Å². The van der Waals surface area contributed by atoms with Crippen molar-refractivity contribution < 1.29 is 43.7 Å². The number of likely N-dealkylation sites (tertiary alicyclic amines) is 1. The lowest BCUT2D eigenvalue weighted by Gasteiger charge is -2.42. The molecule has 0 spiro atoms. The summed E-state index contributed by atoms with van der Waals surface area (Å²) in [6.07, 6.45) is 3.61. The molecule has 4 atom stereocenters. The second kappa shape index (κ2) is 9.83. The number of benzene rings is 1. The van der Waals surface area contributed by atoms with E-state index in [2.05, 4.69) is 0 Å². The maximum Gasteiger partial charge on any atom is 0.303 e. The van der Waals surface area contributed by atoms with Crippen LogP contribution in [-0.2, 0) is 24.0 Å². The number of carbonyl (C=O) groups excluding carboxylic acids is 4. The first kappa shape index (κ1) is 26.4. The summed E-state index contributed by atoms with van der Waals surface area (Å²) in [6.45, 7) is 1.60. The Bertz CT molecular complexity index is 1390. The Hall–Kier alpha value is -4.21. The lowest BCUT2D eigenvalue weighted by Crippen LogP contribution is -2.40. The molecule has 5 rings (SSSR count). The molecule has 1 saturated heterocycles. The van der Waals surface area contributed by atoms with Gasteiger partial charge in [-0.3, -0.25) is 28.9 Å². The fourth-order valence-corrected chi connectivity index (χ4v) is 6.50. The van der Waals surface area contributed by atoms with E-state index in [0.29, 0.717) is 22.3 Å². The Kier molecular flexibility index (Phi) is 6.65. The van der Waals surface area contributed by atoms with E-state index < -0.39 is 29.6 Å². The summed E-state index contributed by atoms with van der Waals surface area (Å²) >= 11 is 0. The molecule has 0 radical (unpaired) electrons. The summed E-state index contributed by atoms with van der Waals surface area (Å²) in [5.41, 5.74) is 2.26. The van der Waals surface area contributed by atoms with E-state index in [9.17, 15) is 29.1 Å². The summed E-state index contributed by atoms with van der Waals surface area (Å²) in [4.78, 5) is 65.7. The molecular formula is C29H29NO9. The van der Waals surface area contributed by atoms with Crippen molar-refractivity contribution in [3.63, 3.8) is 0 Å². The number of methoxy groups -OCH3 is 2. The third-order valence-corrected chi connectivity index (χ3v) is 8.26. The number of aromatic hydroxyl groups is 1. The van der Waals surface area contributed by atoms with Gasteiger partial charge in [-0.15, -0.1) is 0 Å². The van der Waals surface area contributed by atoms with Crippen molar-refractivity contribution in [1.29, 1.82) is 0 Å². The zero-order chi connectivity index (χ0) is 28.2. The van der Waals surface area contributed by atoms with Gasteiger partial charge in [-0.05, 0) is 55.9 Å². The number of hydrogen-bond acceptors (Lipinski definition) is 8. The highest BCUT2D eigenvalue weighted by atomic mass is 16.5. The zero-order valence-electron chi connectivity index (χ0n) is 21.9. The number of nitrogens with zero attached hydrogens (tertiary/aromatic N) is 1. The largest absolute Gasteiger partial charge is 0.502 e. The van der Waals surface area contributed by atoms with Crippen molar-refractivity contribution >= 4 is 29.4 Å². The van der Waals surface area contributed by atoms with Crippen LogP contribution in [0.25, 0.3) is 0 Å². The standard InChI is InChI=1S/C29H29NO9/c1-13-9-19(31)18-12-17-15(6-7-16-24(17)29(37)30(28(16)36)8-4-5-22(32)33)23(25(18)26(13)34)14-10-20(38-2)27(35)21(11-14)39-3/h6,9-11,16-17,23-24,35H,4-5,7-8,12H2,1-3H3,(H,32,33)/t16-,17+,23-,24-/m0/s1. The predicted octanol–water partition coefficient (Wildman–Crippen LogP) is 2.70. The highest BCUT2D eigenvalue weighted by Gasteiger charge is 2.56. The average molecular weight is 536 g/mol. The summed E-state index contributed by atoms with van der Waals surface area (Å²) in [5, 5.41) is 19.5. The van der Waals surface area contributed by atoms with Crippen LogP contribution < -0.4 is 9.47 Å². The number of carboxylic acids is 1. The van der Waals surface area contributed by atoms with Gasteiger partial charge in [0.2, 0.25) is 17.6 Å². The van der Waals surface area contributed by atoms with E-state index in [1.54, 1.807) is 19.1 Å². The number of hydrogen-bond donors (Lipinski definition) is 2. The number of phenolic OH excluding ortho intramolecular Hbond substituents is 1. The Morgan fingerprint density at radius 2 is 1.72 bits per heavy atom. The predicted molar refractivity (Wildman–Crippen MR) is 136 cm³/mol. The first-order valence-electron chi connectivity index (χ1n) is 12.8. The number of fused-ring (bicyclic) bond motifs is 3. The van der Waals surface area contributed by atoms with E-state index in [0.717, 1.165) is 10.5 Å². The molecule has 4 aliphatic rings. The third kappa shape index (κ3) is 4.14. The molecule has 3 aliphatic carbocycles. The van der Waals surface area contributed by atoms with Crippen LogP contribution in [0.5, 0.6) is 17.2 Å². The number of Topliss-reactive ketones (excluding diaryl/α,β-unsaturated/α-hetero) is 1. The van der Waals surface area contributed by atoms with Crippen molar-refractivity contribution in [2.75, 3.05) is 20.8 Å². The van der Waals surface area contributed by atoms with Gasteiger partial charge in [0, 0.05) is 35.6 Å². The smallest absolute Gasteiger partial charge is 0.303 e. The number of ether oxygens (including phenoxy) is 2. The van der Waals surface area contributed by atoms with Crippen LogP contribution in [0.3, 0.4) is 0 Å². The highest BCUT2D eigenvalue weighted by molar-refractivity contribution is 6.23. The fraction of sp³-hybridized carbons (Fsp3) is 0.414. The molecule has 39 heavy (non-hydrogen) atoms. The normalized spacial score (nSPS) is 26.1. The van der Waals surface area contributed by atoms with Crippen LogP contribution in [0.2, 0.25) is 0 Å². The quantitative estimate of drug-likeness (QED) is 0.305. The van der Waals surface area contributed by atoms with Crippen molar-refractivity contribution in [1.82, 2.24) is 4.90 Å². The third-order valence-electron chi connectivity index (χ3n) is 8.26. The second-order valence-corrected chi connectivity index (χ2v) is 10.3. The van der Waals surface area contributed by atoms with Crippen molar-refractivity contribution in [3.05, 3.63) is 52.1 Å². The molecule has 2 N–H and O–H groups in total. The van der Waals surface area contributed by atoms with Gasteiger partial charge in [-0.25, -0.2) is 0 Å². The number of allylic oxidation sites excluding steroid dienone is 6. The molecule has 1 aromatic rings. The summed E-state index contributed by atoms with van der Waals surface area (Å²) in [7, 11) is 2.78. The van der Waals surface area contributed by atoms with Gasteiger partial charge in [-0.1, -0.05) is 11.6 Å². The Balaban J connectivity index is 1.62. The highest BCUT2D eigenvalue weighted by Crippen LogP contribution is 2.56. The topological polar surface area (TPSA) is 148 Å². The van der Waals surface area contributed by atoms with Crippen LogP contribution in [0.4, 0.5) is 0 Å². The Morgan fingerprint density at radius 1 is 1.05 bits per heavy atom. The molecule has 10 nitrogen and oxygen atoms in total. The number of phenols is 1. The van der Waals surface area contributed by atoms with Gasteiger partial charge in [-0.2, -0.15) is 0 Å². The van der Waals surface area contributed by atoms with E-state index in [1.807, 2.05) is 6.08 Å². The van der Waals surface area contributed by atoms with Crippen LogP contribution in [0.15, 0.2) is 46.6 Å². The summed E-state index contributed by atoms with van der Waals surface area (Å²) in [6, 6.07) is 3.18. The molecule has 1 aliphatic heterocycles. The van der Waals surface area contributed by atoms with Crippen molar-refractivity contribution in [2.45, 2.75) is 38.5 Å². The minimum absolute atomic E-state index is 0.0160. The molecule has 204 valence electrons. The minimum Gasteiger partial charge on any atom is -0.502 e. The molecule has 1 fully saturated rings.